The quantitative estimate of drug-likeness (QED) is 0.873. The maximum absolute atomic E-state index is 11.4. The van der Waals surface area contributed by atoms with Crippen LogP contribution < -0.4 is 4.72 Å². The minimum Gasteiger partial charge on any atom is -0.458 e. The van der Waals surface area contributed by atoms with E-state index in [4.69, 9.17) is 4.42 Å². The predicted octanol–water partition coefficient (Wildman–Crippen LogP) is 1.58. The van der Waals surface area contributed by atoms with E-state index in [1.54, 1.807) is 12.1 Å². The third kappa shape index (κ3) is 3.15. The Morgan fingerprint density at radius 2 is 2.05 bits per heavy atom. The molecule has 19 heavy (non-hydrogen) atoms. The van der Waals surface area contributed by atoms with Gasteiger partial charge in [0.15, 0.2) is 0 Å². The zero-order valence-corrected chi connectivity index (χ0v) is 11.7. The van der Waals surface area contributed by atoms with Crippen LogP contribution in [0.25, 0.3) is 11.0 Å². The lowest BCUT2D eigenvalue weighted by Gasteiger charge is -2.20. The van der Waals surface area contributed by atoms with Gasteiger partial charge >= 0.3 is 0 Å². The summed E-state index contributed by atoms with van der Waals surface area (Å²) in [5.41, 5.74) is -0.725. The number of fused-ring (bicyclic) bond motifs is 1. The molecule has 0 saturated carbocycles. The van der Waals surface area contributed by atoms with E-state index in [-0.39, 0.29) is 12.3 Å². The van der Waals surface area contributed by atoms with Crippen LogP contribution in [0.3, 0.4) is 0 Å². The number of benzene rings is 1. The second kappa shape index (κ2) is 4.96. The summed E-state index contributed by atoms with van der Waals surface area (Å²) in [4.78, 5) is 0. The van der Waals surface area contributed by atoms with Crippen molar-refractivity contribution in [2.24, 2.45) is 0 Å². The third-order valence-corrected chi connectivity index (χ3v) is 4.32. The molecule has 0 spiro atoms. The minimum absolute atomic E-state index is 0.0246. The highest BCUT2D eigenvalue weighted by Crippen LogP contribution is 2.27. The van der Waals surface area contributed by atoms with E-state index in [0.29, 0.717) is 11.3 Å². The van der Waals surface area contributed by atoms with Crippen LogP contribution in [0.1, 0.15) is 19.6 Å². The summed E-state index contributed by atoms with van der Waals surface area (Å²) in [7, 11) is -3.34. The standard InChI is InChI=1S/C13H17NO4S/c1-3-19(16,17)14-9-13(2,15)12-8-10-6-4-5-7-11(10)18-12/h4-8,14-15H,3,9H2,1-2H3/t13-/m1/s1. The van der Waals surface area contributed by atoms with Gasteiger partial charge in [0.05, 0.1) is 5.75 Å². The van der Waals surface area contributed by atoms with Crippen LogP contribution in [0.2, 0.25) is 0 Å². The Bertz CT molecular complexity index is 640. The summed E-state index contributed by atoms with van der Waals surface area (Å²) in [6.07, 6.45) is 0. The van der Waals surface area contributed by atoms with Crippen LogP contribution in [0.4, 0.5) is 0 Å². The molecular formula is C13H17NO4S. The maximum Gasteiger partial charge on any atom is 0.211 e. The zero-order valence-electron chi connectivity index (χ0n) is 10.9. The smallest absolute Gasteiger partial charge is 0.211 e. The number of rotatable bonds is 5. The van der Waals surface area contributed by atoms with Crippen molar-refractivity contribution in [3.8, 4) is 0 Å². The summed E-state index contributed by atoms with van der Waals surface area (Å²) in [5.74, 6) is 0.316. The molecule has 2 N–H and O–H groups in total. The molecule has 0 bridgehead atoms. The number of hydrogen-bond donors (Lipinski definition) is 2. The molecule has 2 rings (SSSR count). The molecule has 104 valence electrons. The fraction of sp³-hybridized carbons (Fsp3) is 0.385. The van der Waals surface area contributed by atoms with Crippen molar-refractivity contribution in [2.75, 3.05) is 12.3 Å². The van der Waals surface area contributed by atoms with Gasteiger partial charge in [-0.05, 0) is 26.0 Å². The topological polar surface area (TPSA) is 79.5 Å². The molecule has 0 unspecified atom stereocenters. The Morgan fingerprint density at radius 1 is 1.37 bits per heavy atom. The largest absolute Gasteiger partial charge is 0.458 e. The second-order valence-electron chi connectivity index (χ2n) is 4.65. The van der Waals surface area contributed by atoms with Gasteiger partial charge in [0.25, 0.3) is 0 Å². The van der Waals surface area contributed by atoms with Crippen molar-refractivity contribution >= 4 is 21.0 Å². The summed E-state index contributed by atoms with van der Waals surface area (Å²) in [5, 5.41) is 11.2. The van der Waals surface area contributed by atoms with Crippen molar-refractivity contribution in [3.63, 3.8) is 0 Å². The molecule has 0 amide bonds. The fourth-order valence-electron chi connectivity index (χ4n) is 1.69. The number of sulfonamides is 1. The lowest BCUT2D eigenvalue weighted by Crippen LogP contribution is -2.38. The van der Waals surface area contributed by atoms with Crippen molar-refractivity contribution in [2.45, 2.75) is 19.4 Å². The van der Waals surface area contributed by atoms with Crippen LogP contribution >= 0.6 is 0 Å². The van der Waals surface area contributed by atoms with E-state index < -0.39 is 15.6 Å². The van der Waals surface area contributed by atoms with Crippen molar-refractivity contribution < 1.29 is 17.9 Å². The van der Waals surface area contributed by atoms with Gasteiger partial charge in [0.2, 0.25) is 10.0 Å². The molecule has 2 aromatic rings. The number of furan rings is 1. The van der Waals surface area contributed by atoms with Gasteiger partial charge < -0.3 is 9.52 Å². The highest BCUT2D eigenvalue weighted by Gasteiger charge is 2.28. The first-order valence-corrected chi connectivity index (χ1v) is 7.68. The van der Waals surface area contributed by atoms with Crippen molar-refractivity contribution in [1.29, 1.82) is 0 Å². The fourth-order valence-corrected chi connectivity index (χ4v) is 2.39. The normalized spacial score (nSPS) is 15.5. The summed E-state index contributed by atoms with van der Waals surface area (Å²) in [6, 6.07) is 9.09. The first-order chi connectivity index (χ1) is 8.84. The van der Waals surface area contributed by atoms with Gasteiger partial charge in [0.1, 0.15) is 16.9 Å². The number of aliphatic hydroxyl groups is 1. The molecule has 0 fully saturated rings. The highest BCUT2D eigenvalue weighted by atomic mass is 32.2. The molecule has 0 radical (unpaired) electrons. The molecule has 0 aliphatic rings. The Balaban J connectivity index is 2.23. The molecule has 0 aliphatic carbocycles. The number of para-hydroxylation sites is 1. The van der Waals surface area contributed by atoms with Gasteiger partial charge in [-0.1, -0.05) is 18.2 Å². The Kier molecular flexibility index (Phi) is 3.66. The average molecular weight is 283 g/mol. The summed E-state index contributed by atoms with van der Waals surface area (Å²) in [6.45, 7) is 2.93. The van der Waals surface area contributed by atoms with Crippen molar-refractivity contribution in [1.82, 2.24) is 4.72 Å². The first kappa shape index (κ1) is 14.0. The maximum atomic E-state index is 11.4. The van der Waals surface area contributed by atoms with Gasteiger partial charge in [-0.25, -0.2) is 13.1 Å². The van der Waals surface area contributed by atoms with Gasteiger partial charge in [-0.15, -0.1) is 0 Å². The van der Waals surface area contributed by atoms with E-state index in [1.165, 1.54) is 13.8 Å². The van der Waals surface area contributed by atoms with Crippen LogP contribution in [-0.4, -0.2) is 25.8 Å². The lowest BCUT2D eigenvalue weighted by atomic mass is 10.0. The highest BCUT2D eigenvalue weighted by molar-refractivity contribution is 7.89. The van der Waals surface area contributed by atoms with Gasteiger partial charge in [-0.2, -0.15) is 0 Å². The third-order valence-electron chi connectivity index (χ3n) is 2.97. The van der Waals surface area contributed by atoms with Gasteiger partial charge in [0, 0.05) is 11.9 Å². The van der Waals surface area contributed by atoms with Crippen molar-refractivity contribution in [3.05, 3.63) is 36.1 Å². The molecule has 0 aliphatic heterocycles. The van der Waals surface area contributed by atoms with Crippen LogP contribution in [0, 0.1) is 0 Å². The Morgan fingerprint density at radius 3 is 2.68 bits per heavy atom. The molecular weight excluding hydrogens is 266 g/mol. The van der Waals surface area contributed by atoms with E-state index in [0.717, 1.165) is 5.39 Å². The molecule has 0 saturated heterocycles. The first-order valence-electron chi connectivity index (χ1n) is 6.03. The molecule has 1 aromatic heterocycles. The monoisotopic (exact) mass is 283 g/mol. The second-order valence-corrected chi connectivity index (χ2v) is 6.74. The van der Waals surface area contributed by atoms with Crippen LogP contribution in [-0.2, 0) is 15.6 Å². The van der Waals surface area contributed by atoms with E-state index in [9.17, 15) is 13.5 Å². The summed E-state index contributed by atoms with van der Waals surface area (Å²) < 4.78 is 30.7. The zero-order chi connectivity index (χ0) is 14.1. The van der Waals surface area contributed by atoms with E-state index >= 15 is 0 Å². The molecule has 1 aromatic carbocycles. The summed E-state index contributed by atoms with van der Waals surface area (Å²) >= 11 is 0. The lowest BCUT2D eigenvalue weighted by molar-refractivity contribution is 0.0412. The Labute approximate surface area is 112 Å². The van der Waals surface area contributed by atoms with Gasteiger partial charge in [-0.3, -0.25) is 0 Å². The Hall–Kier alpha value is -1.37. The van der Waals surface area contributed by atoms with Crippen LogP contribution in [0.15, 0.2) is 34.7 Å². The molecule has 1 atom stereocenters. The number of hydrogen-bond acceptors (Lipinski definition) is 4. The number of nitrogens with one attached hydrogen (secondary N) is 1. The molecule has 1 heterocycles. The SMILES string of the molecule is CCS(=O)(=O)NC[C@@](C)(O)c1cc2ccccc2o1. The average Bonchev–Trinajstić information content (AvgIpc) is 2.81. The predicted molar refractivity (Wildman–Crippen MR) is 73.2 cm³/mol. The minimum atomic E-state index is -3.34. The molecule has 6 heteroatoms. The van der Waals surface area contributed by atoms with E-state index in [1.807, 2.05) is 18.2 Å². The molecule has 5 nitrogen and oxygen atoms in total. The van der Waals surface area contributed by atoms with Crippen LogP contribution in [0.5, 0.6) is 0 Å². The van der Waals surface area contributed by atoms with E-state index in [2.05, 4.69) is 4.72 Å².